The van der Waals surface area contributed by atoms with Crippen molar-refractivity contribution in [1.29, 1.82) is 0 Å². The van der Waals surface area contributed by atoms with E-state index in [9.17, 15) is 26.3 Å². The fraction of sp³-hybridized carbons (Fsp3) is 0.600. The Morgan fingerprint density at radius 3 is 1.86 bits per heavy atom. The van der Waals surface area contributed by atoms with Gasteiger partial charge in [-0.1, -0.05) is 0 Å². The molecule has 0 aromatic carbocycles. The Hall–Kier alpha value is -0.790. The molecule has 0 aromatic heterocycles. The van der Waals surface area contributed by atoms with Crippen LogP contribution in [0.15, 0.2) is 12.3 Å². The minimum atomic E-state index is -5.68. The first-order chi connectivity index (χ1) is 6.10. The highest BCUT2D eigenvalue weighted by molar-refractivity contribution is 6.22. The number of hydrogen-bond acceptors (Lipinski definition) is 2. The third kappa shape index (κ3) is 1.47. The summed E-state index contributed by atoms with van der Waals surface area (Å²) in [7, 11) is 0. The van der Waals surface area contributed by atoms with Crippen LogP contribution in [0.1, 0.15) is 0 Å². The smallest absolute Gasteiger partial charge is 0.441 e. The zero-order chi connectivity index (χ0) is 11.2. The summed E-state index contributed by atoms with van der Waals surface area (Å²) in [5.41, 5.74) is 0. The van der Waals surface area contributed by atoms with Gasteiger partial charge >= 0.3 is 23.4 Å². The topological polar surface area (TPSA) is 18.5 Å². The maximum atomic E-state index is 12.3. The quantitative estimate of drug-likeness (QED) is 0.520. The van der Waals surface area contributed by atoms with E-state index >= 15 is 0 Å². The first-order valence-corrected chi connectivity index (χ1v) is 3.34. The normalized spacial score (nSPS) is 28.1. The largest absolute Gasteiger partial charge is 0.476 e. The molecule has 0 radical (unpaired) electrons. The van der Waals surface area contributed by atoms with Gasteiger partial charge in [-0.3, -0.25) is 0 Å². The Kier molecular flexibility index (Phi) is 2.30. The van der Waals surface area contributed by atoms with Crippen LogP contribution < -0.4 is 0 Å². The van der Waals surface area contributed by atoms with Gasteiger partial charge in [0.15, 0.2) is 6.26 Å². The zero-order valence-electron chi connectivity index (χ0n) is 6.04. The van der Waals surface area contributed by atoms with Crippen molar-refractivity contribution in [2.24, 2.45) is 0 Å². The predicted octanol–water partition coefficient (Wildman–Crippen LogP) is 2.89. The minimum Gasteiger partial charge on any atom is -0.441 e. The van der Waals surface area contributed by atoms with Gasteiger partial charge in [-0.15, -0.1) is 0 Å². The van der Waals surface area contributed by atoms with Gasteiger partial charge in [0.2, 0.25) is 0 Å². The monoisotopic (exact) mass is 242 g/mol. The van der Waals surface area contributed by atoms with Crippen LogP contribution >= 0.6 is 11.6 Å². The lowest BCUT2D eigenvalue weighted by Gasteiger charge is -2.31. The van der Waals surface area contributed by atoms with Crippen LogP contribution in [0, 0.1) is 0 Å². The second-order valence-electron chi connectivity index (χ2n) is 2.25. The lowest BCUT2D eigenvalue weighted by molar-refractivity contribution is -0.389. The van der Waals surface area contributed by atoms with E-state index in [0.717, 1.165) is 0 Å². The van der Waals surface area contributed by atoms with Gasteiger partial charge in [0.1, 0.15) is 0 Å². The molecule has 0 saturated carbocycles. The average Bonchev–Trinajstić information content (AvgIpc) is 2.28. The standard InChI is InChI=1S/C5HClF6O2/c6-4(8,9)3(5(10,11)12)13-1-2(7)14-3/h1H. The van der Waals surface area contributed by atoms with Crippen LogP contribution in [-0.2, 0) is 9.47 Å². The third-order valence-corrected chi connectivity index (χ3v) is 1.55. The Morgan fingerprint density at radius 2 is 1.71 bits per heavy atom. The van der Waals surface area contributed by atoms with Crippen LogP contribution in [0.3, 0.4) is 0 Å². The van der Waals surface area contributed by atoms with Gasteiger partial charge in [0, 0.05) is 0 Å². The Labute approximate surface area is 78.0 Å². The first kappa shape index (κ1) is 11.3. The average molecular weight is 243 g/mol. The zero-order valence-corrected chi connectivity index (χ0v) is 6.80. The van der Waals surface area contributed by atoms with Crippen molar-refractivity contribution in [3.8, 4) is 0 Å². The van der Waals surface area contributed by atoms with Crippen molar-refractivity contribution in [1.82, 2.24) is 0 Å². The molecule has 0 amide bonds. The molecule has 1 rings (SSSR count). The summed E-state index contributed by atoms with van der Waals surface area (Å²) in [6, 6.07) is -1.93. The lowest BCUT2D eigenvalue weighted by Crippen LogP contribution is -2.57. The van der Waals surface area contributed by atoms with Crippen molar-refractivity contribution in [2.45, 2.75) is 17.3 Å². The van der Waals surface area contributed by atoms with Crippen LogP contribution in [0.4, 0.5) is 26.3 Å². The number of halogens is 7. The van der Waals surface area contributed by atoms with Crippen molar-refractivity contribution in [3.63, 3.8) is 0 Å². The molecule has 0 fully saturated rings. The van der Waals surface area contributed by atoms with Gasteiger partial charge in [-0.2, -0.15) is 26.3 Å². The molecule has 0 spiro atoms. The highest BCUT2D eigenvalue weighted by atomic mass is 35.5. The van der Waals surface area contributed by atoms with Crippen LogP contribution in [0.5, 0.6) is 0 Å². The van der Waals surface area contributed by atoms with Crippen molar-refractivity contribution >= 4 is 11.6 Å². The van der Waals surface area contributed by atoms with E-state index < -0.39 is 23.4 Å². The van der Waals surface area contributed by atoms with Gasteiger partial charge in [0.25, 0.3) is 0 Å². The fourth-order valence-corrected chi connectivity index (χ4v) is 0.915. The molecule has 1 atom stereocenters. The number of rotatable bonds is 1. The molecule has 1 aliphatic heterocycles. The molecule has 0 saturated heterocycles. The van der Waals surface area contributed by atoms with Crippen LogP contribution in [-0.4, -0.2) is 17.3 Å². The minimum absolute atomic E-state index is 0.232. The Balaban J connectivity index is 3.08. The van der Waals surface area contributed by atoms with E-state index in [4.69, 9.17) is 0 Å². The van der Waals surface area contributed by atoms with Crippen LogP contribution in [0.25, 0.3) is 0 Å². The highest BCUT2D eigenvalue weighted by Crippen LogP contribution is 2.51. The highest BCUT2D eigenvalue weighted by Gasteiger charge is 2.77. The molecular weight excluding hydrogens is 241 g/mol. The van der Waals surface area contributed by atoms with E-state index in [0.29, 0.717) is 0 Å². The maximum absolute atomic E-state index is 12.3. The van der Waals surface area contributed by atoms with Crippen molar-refractivity contribution in [3.05, 3.63) is 12.3 Å². The Morgan fingerprint density at radius 1 is 1.21 bits per heavy atom. The molecule has 1 heterocycles. The molecule has 0 aromatic rings. The summed E-state index contributed by atoms with van der Waals surface area (Å²) in [6.07, 6.45) is -5.91. The summed E-state index contributed by atoms with van der Waals surface area (Å²) >= 11 is 4.14. The van der Waals surface area contributed by atoms with Gasteiger partial charge in [-0.25, -0.2) is 0 Å². The summed E-state index contributed by atoms with van der Waals surface area (Å²) in [5.74, 6) is -4.49. The van der Waals surface area contributed by atoms with Gasteiger partial charge in [-0.05, 0) is 11.6 Å². The summed E-state index contributed by atoms with van der Waals surface area (Å²) in [5, 5.41) is -4.95. The molecule has 0 aliphatic carbocycles. The fourth-order valence-electron chi connectivity index (χ4n) is 0.725. The van der Waals surface area contributed by atoms with E-state index in [1.165, 1.54) is 0 Å². The number of ether oxygens (including phenoxy) is 2. The second-order valence-corrected chi connectivity index (χ2v) is 2.73. The second kappa shape index (κ2) is 2.85. The SMILES string of the molecule is FC1=COC(C(F)(F)F)(C(F)(F)Cl)O1. The van der Waals surface area contributed by atoms with Gasteiger partial charge in [0.05, 0.1) is 0 Å². The molecule has 1 aliphatic rings. The molecule has 0 bridgehead atoms. The van der Waals surface area contributed by atoms with Crippen molar-refractivity contribution in [2.75, 3.05) is 0 Å². The maximum Gasteiger partial charge on any atom is 0.476 e. The predicted molar refractivity (Wildman–Crippen MR) is 30.9 cm³/mol. The van der Waals surface area contributed by atoms with E-state index in [1.807, 2.05) is 0 Å². The third-order valence-electron chi connectivity index (χ3n) is 1.31. The van der Waals surface area contributed by atoms with E-state index in [2.05, 4.69) is 21.1 Å². The van der Waals surface area contributed by atoms with Gasteiger partial charge < -0.3 is 9.47 Å². The lowest BCUT2D eigenvalue weighted by atomic mass is 10.3. The molecule has 14 heavy (non-hydrogen) atoms. The molecule has 2 nitrogen and oxygen atoms in total. The molecular formula is C5HClF6O2. The number of hydrogen-bond donors (Lipinski definition) is 0. The van der Waals surface area contributed by atoms with E-state index in [1.54, 1.807) is 0 Å². The molecule has 9 heteroatoms. The van der Waals surface area contributed by atoms with E-state index in [-0.39, 0.29) is 6.26 Å². The van der Waals surface area contributed by atoms with Crippen molar-refractivity contribution < 1.29 is 35.8 Å². The molecule has 82 valence electrons. The first-order valence-electron chi connectivity index (χ1n) is 2.96. The summed E-state index contributed by atoms with van der Waals surface area (Å²) in [4.78, 5) is 0. The van der Waals surface area contributed by atoms with Crippen LogP contribution in [0.2, 0.25) is 0 Å². The Bertz CT molecular complexity index is 252. The summed E-state index contributed by atoms with van der Waals surface area (Å²) < 4.78 is 79.7. The number of alkyl halides is 6. The molecule has 0 N–H and O–H groups in total. The summed E-state index contributed by atoms with van der Waals surface area (Å²) in [6.45, 7) is 0. The molecule has 1 unspecified atom stereocenters.